The maximum atomic E-state index is 12.5. The molecule has 7 nitrogen and oxygen atoms in total. The Hall–Kier alpha value is -1.22. The van der Waals surface area contributed by atoms with Gasteiger partial charge in [-0.25, -0.2) is 8.42 Å². The summed E-state index contributed by atoms with van der Waals surface area (Å²) in [6.07, 6.45) is 0. The van der Waals surface area contributed by atoms with Crippen LogP contribution in [0.3, 0.4) is 0 Å². The second-order valence-corrected chi connectivity index (χ2v) is 6.69. The predicted molar refractivity (Wildman–Crippen MR) is 74.3 cm³/mol. The van der Waals surface area contributed by atoms with Crippen molar-refractivity contribution in [2.24, 2.45) is 0 Å². The van der Waals surface area contributed by atoms with Crippen LogP contribution in [0, 0.1) is 10.1 Å². The summed E-state index contributed by atoms with van der Waals surface area (Å²) in [7, 11) is -3.75. The molecule has 0 spiro atoms. The SMILES string of the molecule is CCN(C1CNC1)S(=O)(=O)c1ccc(Cl)c([N+](=O)[O-])c1. The summed E-state index contributed by atoms with van der Waals surface area (Å²) in [6, 6.07) is 3.42. The molecule has 1 fully saturated rings. The third kappa shape index (κ3) is 2.64. The number of sulfonamides is 1. The van der Waals surface area contributed by atoms with E-state index in [0.29, 0.717) is 19.6 Å². The molecule has 0 aliphatic carbocycles. The molecule has 0 unspecified atom stereocenters. The number of rotatable bonds is 5. The van der Waals surface area contributed by atoms with Gasteiger partial charge in [0.05, 0.1) is 9.82 Å². The number of hydrogen-bond acceptors (Lipinski definition) is 5. The second-order valence-electron chi connectivity index (χ2n) is 4.39. The van der Waals surface area contributed by atoms with Crippen molar-refractivity contribution in [2.75, 3.05) is 19.6 Å². The first-order chi connectivity index (χ1) is 9.37. The Morgan fingerprint density at radius 1 is 1.50 bits per heavy atom. The average molecular weight is 320 g/mol. The fraction of sp³-hybridized carbons (Fsp3) is 0.455. The van der Waals surface area contributed by atoms with E-state index in [0.717, 1.165) is 6.07 Å². The lowest BCUT2D eigenvalue weighted by Crippen LogP contribution is -2.58. The highest BCUT2D eigenvalue weighted by molar-refractivity contribution is 7.89. The van der Waals surface area contributed by atoms with Crippen LogP contribution in [-0.2, 0) is 10.0 Å². The van der Waals surface area contributed by atoms with E-state index in [1.807, 2.05) is 0 Å². The second kappa shape index (κ2) is 5.65. The summed E-state index contributed by atoms with van der Waals surface area (Å²) < 4.78 is 26.4. The monoisotopic (exact) mass is 319 g/mol. The summed E-state index contributed by atoms with van der Waals surface area (Å²) in [5.41, 5.74) is -0.407. The number of likely N-dealkylation sites (N-methyl/N-ethyl adjacent to an activating group) is 1. The molecule has 1 N–H and O–H groups in total. The summed E-state index contributed by atoms with van der Waals surface area (Å²) in [6.45, 7) is 3.22. The Labute approximate surface area is 121 Å². The van der Waals surface area contributed by atoms with Crippen LogP contribution in [0.15, 0.2) is 23.1 Å². The average Bonchev–Trinajstić information content (AvgIpc) is 2.33. The Morgan fingerprint density at radius 2 is 2.15 bits per heavy atom. The Balaban J connectivity index is 2.43. The maximum absolute atomic E-state index is 12.5. The molecular formula is C11H14ClN3O4S. The molecule has 0 bridgehead atoms. The predicted octanol–water partition coefficient (Wildman–Crippen LogP) is 1.23. The van der Waals surface area contributed by atoms with Crippen molar-refractivity contribution in [3.05, 3.63) is 33.3 Å². The van der Waals surface area contributed by atoms with Gasteiger partial charge in [0.15, 0.2) is 0 Å². The van der Waals surface area contributed by atoms with Crippen LogP contribution in [0.25, 0.3) is 0 Å². The van der Waals surface area contributed by atoms with Crippen molar-refractivity contribution in [3.8, 4) is 0 Å². The highest BCUT2D eigenvalue weighted by atomic mass is 35.5. The van der Waals surface area contributed by atoms with Gasteiger partial charge in [-0.3, -0.25) is 10.1 Å². The van der Waals surface area contributed by atoms with Crippen molar-refractivity contribution < 1.29 is 13.3 Å². The van der Waals surface area contributed by atoms with Crippen LogP contribution in [0.1, 0.15) is 6.92 Å². The van der Waals surface area contributed by atoms with Gasteiger partial charge in [0.1, 0.15) is 5.02 Å². The smallest absolute Gasteiger partial charge is 0.289 e. The van der Waals surface area contributed by atoms with Crippen molar-refractivity contribution in [1.82, 2.24) is 9.62 Å². The number of benzene rings is 1. The van der Waals surface area contributed by atoms with Crippen molar-refractivity contribution >= 4 is 27.3 Å². The fourth-order valence-corrected chi connectivity index (χ4v) is 3.87. The standard InChI is InChI=1S/C11H14ClN3O4S/c1-2-14(8-6-13-7-8)20(18,19)9-3-4-10(12)11(5-9)15(16)17/h3-5,8,13H,2,6-7H2,1H3. The summed E-state index contributed by atoms with van der Waals surface area (Å²) in [4.78, 5) is 10.0. The van der Waals surface area contributed by atoms with Crippen LogP contribution in [0.4, 0.5) is 5.69 Å². The number of nitrogens with one attached hydrogen (secondary N) is 1. The molecule has 1 aromatic rings. The molecule has 2 rings (SSSR count). The van der Waals surface area contributed by atoms with Gasteiger partial charge in [-0.05, 0) is 12.1 Å². The van der Waals surface area contributed by atoms with Crippen LogP contribution in [0.5, 0.6) is 0 Å². The molecule has 20 heavy (non-hydrogen) atoms. The Kier molecular flexibility index (Phi) is 4.28. The normalized spacial score (nSPS) is 16.1. The van der Waals surface area contributed by atoms with E-state index in [1.165, 1.54) is 16.4 Å². The first-order valence-corrected chi connectivity index (χ1v) is 7.86. The van der Waals surface area contributed by atoms with E-state index >= 15 is 0 Å². The van der Waals surface area contributed by atoms with E-state index < -0.39 is 20.6 Å². The van der Waals surface area contributed by atoms with Gasteiger partial charge in [0, 0.05) is 31.7 Å². The molecule has 1 aliphatic heterocycles. The zero-order valence-corrected chi connectivity index (χ0v) is 12.3. The molecule has 1 saturated heterocycles. The van der Waals surface area contributed by atoms with Gasteiger partial charge in [-0.2, -0.15) is 4.31 Å². The van der Waals surface area contributed by atoms with Crippen LogP contribution >= 0.6 is 11.6 Å². The van der Waals surface area contributed by atoms with Gasteiger partial charge in [0.25, 0.3) is 5.69 Å². The van der Waals surface area contributed by atoms with Gasteiger partial charge in [-0.1, -0.05) is 18.5 Å². The molecule has 0 amide bonds. The third-order valence-electron chi connectivity index (χ3n) is 3.20. The van der Waals surface area contributed by atoms with Gasteiger partial charge in [-0.15, -0.1) is 0 Å². The molecule has 9 heteroatoms. The maximum Gasteiger partial charge on any atom is 0.289 e. The first kappa shape index (κ1) is 15.2. The van der Waals surface area contributed by atoms with Crippen molar-refractivity contribution in [3.63, 3.8) is 0 Å². The highest BCUT2D eigenvalue weighted by Gasteiger charge is 2.34. The molecule has 0 saturated carbocycles. The molecule has 0 atom stereocenters. The minimum atomic E-state index is -3.75. The minimum Gasteiger partial charge on any atom is -0.313 e. The molecule has 0 aromatic heterocycles. The topological polar surface area (TPSA) is 92.6 Å². The zero-order valence-electron chi connectivity index (χ0n) is 10.7. The number of nitrogens with zero attached hydrogens (tertiary/aromatic N) is 2. The van der Waals surface area contributed by atoms with E-state index in [1.54, 1.807) is 6.92 Å². The highest BCUT2D eigenvalue weighted by Crippen LogP contribution is 2.29. The van der Waals surface area contributed by atoms with E-state index in [4.69, 9.17) is 11.6 Å². The Bertz CT molecular complexity index is 631. The van der Waals surface area contributed by atoms with E-state index in [2.05, 4.69) is 5.32 Å². The van der Waals surface area contributed by atoms with Crippen LogP contribution < -0.4 is 5.32 Å². The largest absolute Gasteiger partial charge is 0.313 e. The number of nitro benzene ring substituents is 1. The lowest BCUT2D eigenvalue weighted by Gasteiger charge is -2.36. The molecule has 1 aromatic carbocycles. The zero-order chi connectivity index (χ0) is 14.9. The van der Waals surface area contributed by atoms with Crippen molar-refractivity contribution in [2.45, 2.75) is 17.9 Å². The number of nitro groups is 1. The van der Waals surface area contributed by atoms with Gasteiger partial charge in [0.2, 0.25) is 10.0 Å². The van der Waals surface area contributed by atoms with Crippen molar-refractivity contribution in [1.29, 1.82) is 0 Å². The number of hydrogen-bond donors (Lipinski definition) is 1. The summed E-state index contributed by atoms with van der Waals surface area (Å²) in [5.74, 6) is 0. The molecule has 1 aliphatic rings. The minimum absolute atomic E-state index is 0.0812. The van der Waals surface area contributed by atoms with Gasteiger partial charge < -0.3 is 5.32 Å². The lowest BCUT2D eigenvalue weighted by atomic mass is 10.2. The van der Waals surface area contributed by atoms with E-state index in [-0.39, 0.29) is 16.0 Å². The summed E-state index contributed by atoms with van der Waals surface area (Å²) in [5, 5.41) is 13.8. The van der Waals surface area contributed by atoms with Crippen LogP contribution in [0.2, 0.25) is 5.02 Å². The Morgan fingerprint density at radius 3 is 2.60 bits per heavy atom. The quantitative estimate of drug-likeness (QED) is 0.651. The summed E-state index contributed by atoms with van der Waals surface area (Å²) >= 11 is 5.70. The van der Waals surface area contributed by atoms with Crippen LogP contribution in [-0.4, -0.2) is 43.3 Å². The molecule has 0 radical (unpaired) electrons. The lowest BCUT2D eigenvalue weighted by molar-refractivity contribution is -0.384. The third-order valence-corrected chi connectivity index (χ3v) is 5.54. The van der Waals surface area contributed by atoms with E-state index in [9.17, 15) is 18.5 Å². The number of halogens is 1. The first-order valence-electron chi connectivity index (χ1n) is 6.04. The molecular weight excluding hydrogens is 306 g/mol. The van der Waals surface area contributed by atoms with Gasteiger partial charge >= 0.3 is 0 Å². The molecule has 1 heterocycles. The molecule has 110 valence electrons. The fourth-order valence-electron chi connectivity index (χ4n) is 2.03.